The predicted octanol–water partition coefficient (Wildman–Crippen LogP) is 3.61. The molecule has 0 unspecified atom stereocenters. The molecule has 0 spiro atoms. The Bertz CT molecular complexity index is 625. The first-order valence-corrected chi connectivity index (χ1v) is 9.36. The van der Waals surface area contributed by atoms with Crippen LogP contribution in [0.25, 0.3) is 0 Å². The Morgan fingerprint density at radius 1 is 1.20 bits per heavy atom. The van der Waals surface area contributed by atoms with E-state index in [4.69, 9.17) is 12.2 Å². The molecular weight excluding hydrogens is 334 g/mol. The summed E-state index contributed by atoms with van der Waals surface area (Å²) < 4.78 is 0. The average Bonchev–Trinajstić information content (AvgIpc) is 2.55. The smallest absolute Gasteiger partial charge is 0.251 e. The number of rotatable bonds is 5. The number of carbonyl (C=O) groups is 2. The molecule has 2 rings (SSSR count). The summed E-state index contributed by atoms with van der Waals surface area (Å²) in [6.45, 7) is 3.95. The number of anilines is 1. The molecule has 1 aromatic rings. The second kappa shape index (κ2) is 9.51. The van der Waals surface area contributed by atoms with Crippen LogP contribution in [0, 0.1) is 5.92 Å². The fourth-order valence-electron chi connectivity index (χ4n) is 2.96. The number of nitrogens with one attached hydrogen (secondary N) is 3. The van der Waals surface area contributed by atoms with E-state index < -0.39 is 0 Å². The maximum atomic E-state index is 12.4. The quantitative estimate of drug-likeness (QED) is 0.701. The first kappa shape index (κ1) is 19.4. The van der Waals surface area contributed by atoms with Gasteiger partial charge >= 0.3 is 0 Å². The van der Waals surface area contributed by atoms with Crippen molar-refractivity contribution in [2.24, 2.45) is 5.92 Å². The van der Waals surface area contributed by atoms with Crippen molar-refractivity contribution in [2.45, 2.75) is 58.4 Å². The molecule has 136 valence electrons. The van der Waals surface area contributed by atoms with E-state index in [9.17, 15) is 9.59 Å². The van der Waals surface area contributed by atoms with E-state index in [0.717, 1.165) is 12.8 Å². The lowest BCUT2D eigenvalue weighted by molar-refractivity contribution is -0.120. The summed E-state index contributed by atoms with van der Waals surface area (Å²) in [6, 6.07) is 7.42. The number of thiocarbonyl (C=S) groups is 1. The Labute approximate surface area is 155 Å². The van der Waals surface area contributed by atoms with E-state index in [0.29, 0.717) is 17.7 Å². The normalized spacial score (nSPS) is 14.8. The van der Waals surface area contributed by atoms with Gasteiger partial charge in [-0.05, 0) is 49.2 Å². The molecule has 0 saturated heterocycles. The SMILES string of the molecule is CC(C)CC(=O)NC(=S)Nc1cccc(C(=O)NC2CCCCC2)c1. The maximum absolute atomic E-state index is 12.4. The zero-order valence-corrected chi connectivity index (χ0v) is 15.7. The van der Waals surface area contributed by atoms with Gasteiger partial charge in [0.05, 0.1) is 0 Å². The zero-order chi connectivity index (χ0) is 18.2. The summed E-state index contributed by atoms with van der Waals surface area (Å²) in [5.41, 5.74) is 1.28. The summed E-state index contributed by atoms with van der Waals surface area (Å²) in [4.78, 5) is 24.2. The molecule has 5 nitrogen and oxygen atoms in total. The highest BCUT2D eigenvalue weighted by Gasteiger charge is 2.17. The van der Waals surface area contributed by atoms with Gasteiger partial charge in [-0.25, -0.2) is 0 Å². The van der Waals surface area contributed by atoms with Crippen LogP contribution in [0.3, 0.4) is 0 Å². The molecule has 0 aliphatic heterocycles. The number of amides is 2. The third kappa shape index (κ3) is 6.82. The van der Waals surface area contributed by atoms with E-state index in [1.807, 2.05) is 19.9 Å². The van der Waals surface area contributed by atoms with Crippen LogP contribution >= 0.6 is 12.2 Å². The third-order valence-corrected chi connectivity index (χ3v) is 4.37. The highest BCUT2D eigenvalue weighted by atomic mass is 32.1. The van der Waals surface area contributed by atoms with E-state index in [1.165, 1.54) is 19.3 Å². The number of hydrogen-bond acceptors (Lipinski definition) is 3. The van der Waals surface area contributed by atoms with Crippen LogP contribution in [-0.2, 0) is 4.79 Å². The zero-order valence-electron chi connectivity index (χ0n) is 14.9. The van der Waals surface area contributed by atoms with Crippen molar-refractivity contribution in [1.29, 1.82) is 0 Å². The molecule has 0 aromatic heterocycles. The topological polar surface area (TPSA) is 70.2 Å². The number of benzene rings is 1. The molecule has 0 radical (unpaired) electrons. The van der Waals surface area contributed by atoms with Gasteiger partial charge in [-0.15, -0.1) is 0 Å². The lowest BCUT2D eigenvalue weighted by atomic mass is 9.95. The Morgan fingerprint density at radius 3 is 2.60 bits per heavy atom. The van der Waals surface area contributed by atoms with Crippen molar-refractivity contribution in [2.75, 3.05) is 5.32 Å². The second-order valence-electron chi connectivity index (χ2n) is 6.99. The second-order valence-corrected chi connectivity index (χ2v) is 7.40. The number of hydrogen-bond donors (Lipinski definition) is 3. The molecule has 0 atom stereocenters. The largest absolute Gasteiger partial charge is 0.349 e. The van der Waals surface area contributed by atoms with Crippen LogP contribution in [0.4, 0.5) is 5.69 Å². The molecule has 1 aliphatic carbocycles. The first-order valence-electron chi connectivity index (χ1n) is 8.96. The van der Waals surface area contributed by atoms with Gasteiger partial charge < -0.3 is 16.0 Å². The monoisotopic (exact) mass is 361 g/mol. The minimum Gasteiger partial charge on any atom is -0.349 e. The van der Waals surface area contributed by atoms with E-state index in [-0.39, 0.29) is 28.9 Å². The van der Waals surface area contributed by atoms with Crippen molar-refractivity contribution < 1.29 is 9.59 Å². The molecule has 1 fully saturated rings. The van der Waals surface area contributed by atoms with Crippen LogP contribution in [0.1, 0.15) is 62.7 Å². The van der Waals surface area contributed by atoms with Crippen LogP contribution in [0.15, 0.2) is 24.3 Å². The molecule has 0 bridgehead atoms. The van der Waals surface area contributed by atoms with Crippen molar-refractivity contribution in [3.8, 4) is 0 Å². The predicted molar refractivity (Wildman–Crippen MR) is 105 cm³/mol. The van der Waals surface area contributed by atoms with Gasteiger partial charge in [0.25, 0.3) is 5.91 Å². The van der Waals surface area contributed by atoms with Gasteiger partial charge in [0, 0.05) is 23.7 Å². The van der Waals surface area contributed by atoms with Crippen molar-refractivity contribution in [1.82, 2.24) is 10.6 Å². The Balaban J connectivity index is 1.90. The lowest BCUT2D eigenvalue weighted by Crippen LogP contribution is -2.36. The first-order chi connectivity index (χ1) is 11.9. The third-order valence-electron chi connectivity index (χ3n) is 4.17. The summed E-state index contributed by atoms with van der Waals surface area (Å²) in [7, 11) is 0. The van der Waals surface area contributed by atoms with Crippen molar-refractivity contribution in [3.05, 3.63) is 29.8 Å². The highest BCUT2D eigenvalue weighted by Crippen LogP contribution is 2.18. The minimum atomic E-state index is -0.112. The van der Waals surface area contributed by atoms with E-state index in [2.05, 4.69) is 16.0 Å². The molecule has 1 aromatic carbocycles. The lowest BCUT2D eigenvalue weighted by Gasteiger charge is -2.22. The Kier molecular flexibility index (Phi) is 7.37. The summed E-state index contributed by atoms with van der Waals surface area (Å²) in [6.07, 6.45) is 6.14. The minimum absolute atomic E-state index is 0.0645. The van der Waals surface area contributed by atoms with Crippen LogP contribution in [-0.4, -0.2) is 23.0 Å². The number of carbonyl (C=O) groups excluding carboxylic acids is 2. The molecular formula is C19H27N3O2S. The molecule has 6 heteroatoms. The van der Waals surface area contributed by atoms with Crippen LogP contribution in [0.5, 0.6) is 0 Å². The molecule has 1 saturated carbocycles. The van der Waals surface area contributed by atoms with Gasteiger partial charge in [-0.1, -0.05) is 39.2 Å². The van der Waals surface area contributed by atoms with Crippen LogP contribution < -0.4 is 16.0 Å². The summed E-state index contributed by atoms with van der Waals surface area (Å²) in [5.74, 6) is 0.0959. The maximum Gasteiger partial charge on any atom is 0.251 e. The molecule has 1 aliphatic rings. The molecule has 2 amide bonds. The van der Waals surface area contributed by atoms with Gasteiger partial charge in [-0.3, -0.25) is 9.59 Å². The fraction of sp³-hybridized carbons (Fsp3) is 0.526. The molecule has 3 N–H and O–H groups in total. The summed E-state index contributed by atoms with van der Waals surface area (Å²) >= 11 is 5.16. The van der Waals surface area contributed by atoms with E-state index >= 15 is 0 Å². The van der Waals surface area contributed by atoms with E-state index in [1.54, 1.807) is 18.2 Å². The average molecular weight is 362 g/mol. The fourth-order valence-corrected chi connectivity index (χ4v) is 3.20. The van der Waals surface area contributed by atoms with Gasteiger partial charge in [0.1, 0.15) is 0 Å². The molecule has 0 heterocycles. The van der Waals surface area contributed by atoms with Gasteiger partial charge in [0.2, 0.25) is 5.91 Å². The van der Waals surface area contributed by atoms with Crippen molar-refractivity contribution in [3.63, 3.8) is 0 Å². The van der Waals surface area contributed by atoms with Gasteiger partial charge in [0.15, 0.2) is 5.11 Å². The summed E-state index contributed by atoms with van der Waals surface area (Å²) in [5, 5.41) is 8.97. The van der Waals surface area contributed by atoms with Crippen molar-refractivity contribution >= 4 is 34.8 Å². The van der Waals surface area contributed by atoms with Gasteiger partial charge in [-0.2, -0.15) is 0 Å². The molecule has 25 heavy (non-hydrogen) atoms. The Hall–Kier alpha value is -1.95. The standard InChI is InChI=1S/C19H27N3O2S/c1-13(2)11-17(23)22-19(25)21-16-10-6-7-14(12-16)18(24)20-15-8-4-3-5-9-15/h6-7,10,12-13,15H,3-5,8-9,11H2,1-2H3,(H,20,24)(H2,21,22,23,25). The van der Waals surface area contributed by atoms with Crippen LogP contribution in [0.2, 0.25) is 0 Å². The highest BCUT2D eigenvalue weighted by molar-refractivity contribution is 7.80. The Morgan fingerprint density at radius 2 is 1.92 bits per heavy atom.